The predicted octanol–water partition coefficient (Wildman–Crippen LogP) is 0.388. The van der Waals surface area contributed by atoms with Crippen LogP contribution >= 0.6 is 0 Å². The van der Waals surface area contributed by atoms with Gasteiger partial charge >= 0.3 is 0 Å². The van der Waals surface area contributed by atoms with Crippen molar-refractivity contribution >= 4 is 21.6 Å². The van der Waals surface area contributed by atoms with E-state index in [1.54, 1.807) is 12.1 Å². The van der Waals surface area contributed by atoms with Crippen LogP contribution in [0.1, 0.15) is 25.3 Å². The normalized spacial score (nSPS) is 19.6. The maximum absolute atomic E-state index is 12.3. The predicted molar refractivity (Wildman–Crippen MR) is 76.6 cm³/mol. The zero-order valence-electron chi connectivity index (χ0n) is 11.3. The fourth-order valence-electron chi connectivity index (χ4n) is 2.18. The van der Waals surface area contributed by atoms with E-state index in [2.05, 4.69) is 10.0 Å². The molecule has 1 amide bonds. The van der Waals surface area contributed by atoms with Crippen molar-refractivity contribution in [2.24, 2.45) is 0 Å². The molecule has 0 saturated carbocycles. The Balaban J connectivity index is 2.14. The molecule has 1 aliphatic rings. The molecular formula is C13H19N3O3S. The number of aryl methyl sites for hydroxylation is 1. The Morgan fingerprint density at radius 3 is 2.75 bits per heavy atom. The molecule has 110 valence electrons. The lowest BCUT2D eigenvalue weighted by Gasteiger charge is -2.23. The molecule has 0 aromatic heterocycles. The number of nitrogen functional groups attached to an aromatic ring is 1. The van der Waals surface area contributed by atoms with Crippen LogP contribution < -0.4 is 15.8 Å². The summed E-state index contributed by atoms with van der Waals surface area (Å²) in [5, 5.41) is 2.65. The lowest BCUT2D eigenvalue weighted by molar-refractivity contribution is -0.122. The number of benzene rings is 1. The highest BCUT2D eigenvalue weighted by Crippen LogP contribution is 2.19. The van der Waals surface area contributed by atoms with Gasteiger partial charge in [0.1, 0.15) is 0 Å². The van der Waals surface area contributed by atoms with Crippen molar-refractivity contribution in [3.05, 3.63) is 23.8 Å². The number of amides is 1. The summed E-state index contributed by atoms with van der Waals surface area (Å²) < 4.78 is 27.1. The molecule has 0 aliphatic carbocycles. The molecule has 0 bridgehead atoms. The van der Waals surface area contributed by atoms with Crippen molar-refractivity contribution in [2.75, 3.05) is 12.3 Å². The third-order valence-corrected chi connectivity index (χ3v) is 4.91. The van der Waals surface area contributed by atoms with Gasteiger partial charge in [-0.1, -0.05) is 13.0 Å². The van der Waals surface area contributed by atoms with Gasteiger partial charge in [0.15, 0.2) is 0 Å². The number of carbonyl (C=O) groups excluding carboxylic acids is 1. The number of nitrogens with two attached hydrogens (primary N) is 1. The van der Waals surface area contributed by atoms with Gasteiger partial charge in [-0.05, 0) is 30.5 Å². The number of sulfonamides is 1. The summed E-state index contributed by atoms with van der Waals surface area (Å²) in [5.74, 6) is -0.0445. The van der Waals surface area contributed by atoms with Crippen molar-refractivity contribution in [3.8, 4) is 0 Å². The summed E-state index contributed by atoms with van der Waals surface area (Å²) in [5.41, 5.74) is 7.23. The zero-order valence-corrected chi connectivity index (χ0v) is 12.2. The van der Waals surface area contributed by atoms with E-state index >= 15 is 0 Å². The molecule has 6 nitrogen and oxygen atoms in total. The molecule has 0 radical (unpaired) electrons. The number of hydrogen-bond acceptors (Lipinski definition) is 4. The average Bonchev–Trinajstić information content (AvgIpc) is 2.41. The standard InChI is InChI=1S/C13H19N3O3S/c1-2-9-3-5-11(7-12(9)14)20(18,19)16-10-4-6-13(17)15-8-10/h3,5,7,10,16H,2,4,6,8,14H2,1H3,(H,15,17). The third kappa shape index (κ3) is 3.29. The first-order valence-corrected chi connectivity index (χ1v) is 8.08. The Hall–Kier alpha value is -1.60. The molecule has 4 N–H and O–H groups in total. The highest BCUT2D eigenvalue weighted by atomic mass is 32.2. The Labute approximate surface area is 118 Å². The van der Waals surface area contributed by atoms with E-state index < -0.39 is 10.0 Å². The summed E-state index contributed by atoms with van der Waals surface area (Å²) in [4.78, 5) is 11.2. The minimum Gasteiger partial charge on any atom is -0.398 e. The minimum absolute atomic E-state index is 0.0445. The second kappa shape index (κ2) is 5.80. The summed E-state index contributed by atoms with van der Waals surface area (Å²) in [7, 11) is -3.61. The van der Waals surface area contributed by atoms with Crippen molar-refractivity contribution < 1.29 is 13.2 Å². The van der Waals surface area contributed by atoms with Crippen LogP contribution in [0.5, 0.6) is 0 Å². The van der Waals surface area contributed by atoms with Crippen molar-refractivity contribution in [1.29, 1.82) is 0 Å². The molecule has 1 saturated heterocycles. The first-order chi connectivity index (χ1) is 9.42. The number of nitrogens with one attached hydrogen (secondary N) is 2. The number of piperidine rings is 1. The fraction of sp³-hybridized carbons (Fsp3) is 0.462. The number of anilines is 1. The van der Waals surface area contributed by atoms with Gasteiger partial charge in [-0.25, -0.2) is 13.1 Å². The molecular weight excluding hydrogens is 278 g/mol. The topological polar surface area (TPSA) is 101 Å². The molecule has 1 aromatic rings. The zero-order chi connectivity index (χ0) is 14.8. The first-order valence-electron chi connectivity index (χ1n) is 6.60. The highest BCUT2D eigenvalue weighted by Gasteiger charge is 2.24. The van der Waals surface area contributed by atoms with Crippen LogP contribution in [0.4, 0.5) is 5.69 Å². The van der Waals surface area contributed by atoms with Crippen molar-refractivity contribution in [1.82, 2.24) is 10.0 Å². The van der Waals surface area contributed by atoms with Crippen molar-refractivity contribution in [2.45, 2.75) is 37.1 Å². The van der Waals surface area contributed by atoms with Crippen molar-refractivity contribution in [3.63, 3.8) is 0 Å². The summed E-state index contributed by atoms with van der Waals surface area (Å²) in [6.45, 7) is 2.28. The van der Waals surface area contributed by atoms with Crippen LogP contribution in [0.15, 0.2) is 23.1 Å². The molecule has 2 rings (SSSR count). The van der Waals surface area contributed by atoms with Crippen LogP contribution in [0.2, 0.25) is 0 Å². The van der Waals surface area contributed by atoms with Crippen LogP contribution in [-0.2, 0) is 21.2 Å². The molecule has 1 aromatic carbocycles. The molecule has 1 atom stereocenters. The molecule has 1 aliphatic heterocycles. The van der Waals surface area contributed by atoms with Gasteiger partial charge in [-0.15, -0.1) is 0 Å². The van der Waals surface area contributed by atoms with E-state index in [0.717, 1.165) is 12.0 Å². The molecule has 20 heavy (non-hydrogen) atoms. The van der Waals surface area contributed by atoms with Gasteiger partial charge in [0.25, 0.3) is 0 Å². The maximum atomic E-state index is 12.3. The second-order valence-electron chi connectivity index (χ2n) is 4.88. The molecule has 1 unspecified atom stereocenters. The Morgan fingerprint density at radius 2 is 2.20 bits per heavy atom. The highest BCUT2D eigenvalue weighted by molar-refractivity contribution is 7.89. The first kappa shape index (κ1) is 14.8. The number of carbonyl (C=O) groups is 1. The van der Waals surface area contributed by atoms with Crippen LogP contribution in [0.3, 0.4) is 0 Å². The number of hydrogen-bond donors (Lipinski definition) is 3. The van der Waals surface area contributed by atoms with Crippen LogP contribution in [0, 0.1) is 0 Å². The summed E-state index contributed by atoms with van der Waals surface area (Å²) in [6.07, 6.45) is 1.60. The second-order valence-corrected chi connectivity index (χ2v) is 6.59. The van der Waals surface area contributed by atoms with Crippen LogP contribution in [-0.4, -0.2) is 26.9 Å². The largest absolute Gasteiger partial charge is 0.398 e. The molecule has 0 spiro atoms. The van der Waals surface area contributed by atoms with E-state index in [0.29, 0.717) is 25.1 Å². The SMILES string of the molecule is CCc1ccc(S(=O)(=O)NC2CCC(=O)NC2)cc1N. The Kier molecular flexibility index (Phi) is 4.29. The van der Waals surface area contributed by atoms with E-state index in [1.165, 1.54) is 6.07 Å². The van der Waals surface area contributed by atoms with E-state index in [9.17, 15) is 13.2 Å². The summed E-state index contributed by atoms with van der Waals surface area (Å²) in [6, 6.07) is 4.48. The van der Waals surface area contributed by atoms with Gasteiger partial charge in [0, 0.05) is 24.7 Å². The Morgan fingerprint density at radius 1 is 1.45 bits per heavy atom. The van der Waals surface area contributed by atoms with Gasteiger partial charge in [0.2, 0.25) is 15.9 Å². The third-order valence-electron chi connectivity index (χ3n) is 3.40. The molecule has 7 heteroatoms. The van der Waals surface area contributed by atoms with Gasteiger partial charge in [-0.3, -0.25) is 4.79 Å². The lowest BCUT2D eigenvalue weighted by Crippen LogP contribution is -2.47. The molecule has 1 heterocycles. The fourth-order valence-corrected chi connectivity index (χ4v) is 3.49. The smallest absolute Gasteiger partial charge is 0.240 e. The lowest BCUT2D eigenvalue weighted by atomic mass is 10.1. The van der Waals surface area contributed by atoms with Crippen LogP contribution in [0.25, 0.3) is 0 Å². The van der Waals surface area contributed by atoms with E-state index in [4.69, 9.17) is 5.73 Å². The van der Waals surface area contributed by atoms with Gasteiger partial charge in [-0.2, -0.15) is 0 Å². The maximum Gasteiger partial charge on any atom is 0.240 e. The minimum atomic E-state index is -3.61. The monoisotopic (exact) mass is 297 g/mol. The van der Waals surface area contributed by atoms with E-state index in [1.807, 2.05) is 6.92 Å². The van der Waals surface area contributed by atoms with Gasteiger partial charge in [0.05, 0.1) is 4.90 Å². The molecule has 1 fully saturated rings. The Bertz CT molecular complexity index is 603. The van der Waals surface area contributed by atoms with E-state index in [-0.39, 0.29) is 16.8 Å². The summed E-state index contributed by atoms with van der Waals surface area (Å²) >= 11 is 0. The number of rotatable bonds is 4. The quantitative estimate of drug-likeness (QED) is 0.700. The average molecular weight is 297 g/mol. The van der Waals surface area contributed by atoms with Gasteiger partial charge < -0.3 is 11.1 Å².